The lowest BCUT2D eigenvalue weighted by Crippen LogP contribution is -1.95. The summed E-state index contributed by atoms with van der Waals surface area (Å²) in [6.45, 7) is 3.88. The van der Waals surface area contributed by atoms with E-state index in [1.165, 1.54) is 27.5 Å². The van der Waals surface area contributed by atoms with Crippen LogP contribution in [-0.2, 0) is 6.42 Å². The third-order valence-corrected chi connectivity index (χ3v) is 3.06. The lowest BCUT2D eigenvalue weighted by Gasteiger charge is -2.15. The quantitative estimate of drug-likeness (QED) is 0.639. The van der Waals surface area contributed by atoms with Crippen molar-refractivity contribution in [3.63, 3.8) is 0 Å². The highest BCUT2D eigenvalue weighted by molar-refractivity contribution is 5.96. The molecule has 0 heterocycles. The van der Waals surface area contributed by atoms with Crippen LogP contribution in [0.2, 0.25) is 0 Å². The first-order valence-electron chi connectivity index (χ1n) is 5.24. The summed E-state index contributed by atoms with van der Waals surface area (Å²) in [4.78, 5) is 0. The second-order valence-electron chi connectivity index (χ2n) is 3.89. The van der Waals surface area contributed by atoms with Gasteiger partial charge in [0.25, 0.3) is 0 Å². The third-order valence-electron chi connectivity index (χ3n) is 3.06. The van der Waals surface area contributed by atoms with Crippen molar-refractivity contribution in [1.29, 1.82) is 0 Å². The molecule has 0 fully saturated rings. The second kappa shape index (κ2) is 3.09. The van der Waals surface area contributed by atoms with Crippen molar-refractivity contribution in [2.75, 3.05) is 0 Å². The van der Waals surface area contributed by atoms with Crippen molar-refractivity contribution in [1.82, 2.24) is 0 Å². The zero-order valence-electron chi connectivity index (χ0n) is 8.53. The molecular formula is C15H12. The molecule has 15 heavy (non-hydrogen) atoms. The van der Waals surface area contributed by atoms with Crippen LogP contribution in [0.5, 0.6) is 0 Å². The van der Waals surface area contributed by atoms with Crippen molar-refractivity contribution >= 4 is 22.9 Å². The van der Waals surface area contributed by atoms with Gasteiger partial charge in [-0.05, 0) is 33.9 Å². The number of hydrogen-bond donors (Lipinski definition) is 0. The van der Waals surface area contributed by atoms with Gasteiger partial charge in [0.05, 0.1) is 0 Å². The van der Waals surface area contributed by atoms with E-state index in [0.717, 1.165) is 6.42 Å². The maximum absolute atomic E-state index is 3.88. The smallest absolute Gasteiger partial charge is 0.00703 e. The van der Waals surface area contributed by atoms with Gasteiger partial charge in [-0.25, -0.2) is 0 Å². The topological polar surface area (TPSA) is 0 Å². The molecule has 2 aromatic carbocycles. The molecule has 0 spiro atoms. The normalized spacial score (nSPS) is 13.1. The van der Waals surface area contributed by atoms with Crippen LogP contribution in [0.15, 0.2) is 43.0 Å². The summed E-state index contributed by atoms with van der Waals surface area (Å²) in [7, 11) is 0. The predicted octanol–water partition coefficient (Wildman–Crippen LogP) is 4.05. The van der Waals surface area contributed by atoms with Gasteiger partial charge < -0.3 is 0 Å². The minimum atomic E-state index is 1.02. The van der Waals surface area contributed by atoms with Crippen molar-refractivity contribution in [2.45, 2.75) is 6.42 Å². The lowest BCUT2D eigenvalue weighted by molar-refractivity contribution is 1.28. The van der Waals surface area contributed by atoms with E-state index in [2.05, 4.69) is 49.1 Å². The Balaban J connectivity index is 2.52. The van der Waals surface area contributed by atoms with Crippen LogP contribution < -0.4 is 0 Å². The lowest BCUT2D eigenvalue weighted by atomic mass is 9.90. The minimum absolute atomic E-state index is 1.02. The molecule has 0 bridgehead atoms. The van der Waals surface area contributed by atoms with Crippen molar-refractivity contribution < 1.29 is 0 Å². The van der Waals surface area contributed by atoms with Gasteiger partial charge in [0.15, 0.2) is 0 Å². The van der Waals surface area contributed by atoms with E-state index in [1.807, 2.05) is 6.08 Å². The maximum Gasteiger partial charge on any atom is -0.00703 e. The number of rotatable bonds is 1. The monoisotopic (exact) mass is 192 g/mol. The molecule has 2 aromatic rings. The average molecular weight is 192 g/mol. The molecule has 0 heteroatoms. The summed E-state index contributed by atoms with van der Waals surface area (Å²) in [5.74, 6) is 0. The van der Waals surface area contributed by atoms with Crippen molar-refractivity contribution in [3.05, 3.63) is 59.7 Å². The number of allylic oxidation sites excluding steroid dienone is 1. The van der Waals surface area contributed by atoms with E-state index in [1.54, 1.807) is 0 Å². The van der Waals surface area contributed by atoms with E-state index in [-0.39, 0.29) is 0 Å². The van der Waals surface area contributed by atoms with Gasteiger partial charge in [0.2, 0.25) is 0 Å². The molecule has 0 nitrogen and oxygen atoms in total. The highest BCUT2D eigenvalue weighted by Gasteiger charge is 2.10. The second-order valence-corrected chi connectivity index (χ2v) is 3.89. The fraction of sp³-hybridized carbons (Fsp3) is 0.0667. The van der Waals surface area contributed by atoms with Crippen LogP contribution in [-0.4, -0.2) is 0 Å². The first-order valence-corrected chi connectivity index (χ1v) is 5.24. The summed E-state index contributed by atoms with van der Waals surface area (Å²) >= 11 is 0. The van der Waals surface area contributed by atoms with E-state index < -0.39 is 0 Å². The van der Waals surface area contributed by atoms with Crippen LogP contribution >= 0.6 is 0 Å². The predicted molar refractivity (Wildman–Crippen MR) is 66.8 cm³/mol. The molecule has 0 N–H and O–H groups in total. The molecule has 0 atom stereocenters. The standard InChI is InChI=1S/C15H12/c1-2-11-9-10-13-6-3-5-12-7-4-8-14(11)15(12)13/h2-7,9-10H,1,8H2. The largest absolute Gasteiger partial charge is 0.0985 e. The van der Waals surface area contributed by atoms with E-state index >= 15 is 0 Å². The number of hydrogen-bond acceptors (Lipinski definition) is 0. The van der Waals surface area contributed by atoms with Gasteiger partial charge in [-0.15, -0.1) is 0 Å². The number of benzene rings is 2. The summed E-state index contributed by atoms with van der Waals surface area (Å²) in [6, 6.07) is 10.8. The Morgan fingerprint density at radius 1 is 1.13 bits per heavy atom. The maximum atomic E-state index is 3.88. The van der Waals surface area contributed by atoms with Gasteiger partial charge in [-0.2, -0.15) is 0 Å². The summed E-state index contributed by atoms with van der Waals surface area (Å²) in [5.41, 5.74) is 4.01. The van der Waals surface area contributed by atoms with E-state index in [4.69, 9.17) is 0 Å². The highest BCUT2D eigenvalue weighted by atomic mass is 14.1. The Morgan fingerprint density at radius 2 is 2.07 bits per heavy atom. The molecule has 0 aliphatic heterocycles. The van der Waals surface area contributed by atoms with E-state index in [0.29, 0.717) is 0 Å². The van der Waals surface area contributed by atoms with Gasteiger partial charge >= 0.3 is 0 Å². The van der Waals surface area contributed by atoms with Gasteiger partial charge in [-0.1, -0.05) is 55.1 Å². The average Bonchev–Trinajstić information content (AvgIpc) is 2.30. The Bertz CT molecular complexity index is 574. The Kier molecular flexibility index (Phi) is 1.75. The van der Waals surface area contributed by atoms with Crippen LogP contribution in [0.1, 0.15) is 16.7 Å². The van der Waals surface area contributed by atoms with Crippen LogP contribution in [0, 0.1) is 0 Å². The summed E-state index contributed by atoms with van der Waals surface area (Å²) < 4.78 is 0. The molecule has 0 amide bonds. The van der Waals surface area contributed by atoms with E-state index in [9.17, 15) is 0 Å². The molecule has 72 valence electrons. The molecule has 0 radical (unpaired) electrons. The minimum Gasteiger partial charge on any atom is -0.0985 e. The molecule has 0 unspecified atom stereocenters. The molecule has 1 aliphatic rings. The first-order chi connectivity index (χ1) is 7.40. The van der Waals surface area contributed by atoms with Gasteiger partial charge in [-0.3, -0.25) is 0 Å². The van der Waals surface area contributed by atoms with Crippen LogP contribution in [0.3, 0.4) is 0 Å². The Labute approximate surface area is 89.6 Å². The molecule has 0 saturated heterocycles. The zero-order chi connectivity index (χ0) is 10.3. The Morgan fingerprint density at radius 3 is 2.93 bits per heavy atom. The first kappa shape index (κ1) is 8.49. The van der Waals surface area contributed by atoms with Crippen LogP contribution in [0.25, 0.3) is 22.9 Å². The molecule has 1 aliphatic carbocycles. The fourth-order valence-corrected chi connectivity index (χ4v) is 2.35. The summed E-state index contributed by atoms with van der Waals surface area (Å²) in [5, 5.41) is 2.73. The summed E-state index contributed by atoms with van der Waals surface area (Å²) in [6.07, 6.45) is 7.41. The Hall–Kier alpha value is -1.82. The molecule has 0 aromatic heterocycles. The zero-order valence-corrected chi connectivity index (χ0v) is 8.53. The fourth-order valence-electron chi connectivity index (χ4n) is 2.35. The van der Waals surface area contributed by atoms with Crippen molar-refractivity contribution in [2.24, 2.45) is 0 Å². The molecule has 3 rings (SSSR count). The third kappa shape index (κ3) is 1.15. The van der Waals surface area contributed by atoms with Crippen LogP contribution in [0.4, 0.5) is 0 Å². The van der Waals surface area contributed by atoms with Gasteiger partial charge in [0.1, 0.15) is 0 Å². The van der Waals surface area contributed by atoms with Crippen molar-refractivity contribution in [3.8, 4) is 0 Å². The highest BCUT2D eigenvalue weighted by Crippen LogP contribution is 2.31. The SMILES string of the molecule is C=Cc1ccc2cccc3c2c1CC=C3. The van der Waals surface area contributed by atoms with Gasteiger partial charge in [0, 0.05) is 0 Å². The molecule has 0 saturated carbocycles. The molecular weight excluding hydrogens is 180 g/mol.